The number of rotatable bonds is 3. The van der Waals surface area contributed by atoms with Gasteiger partial charge in [0, 0.05) is 18.3 Å². The summed E-state index contributed by atoms with van der Waals surface area (Å²) in [6.07, 6.45) is 4.47. The van der Waals surface area contributed by atoms with Crippen LogP contribution < -0.4 is 5.32 Å². The second-order valence-electron chi connectivity index (χ2n) is 4.68. The third kappa shape index (κ3) is 2.98. The molecule has 1 aliphatic rings. The highest BCUT2D eigenvalue weighted by molar-refractivity contribution is 5.85. The Morgan fingerprint density at radius 2 is 2.25 bits per heavy atom. The molecule has 0 amide bonds. The molecule has 0 fully saturated rings. The van der Waals surface area contributed by atoms with E-state index in [0.29, 0.717) is 0 Å². The van der Waals surface area contributed by atoms with E-state index in [1.165, 1.54) is 11.1 Å². The summed E-state index contributed by atoms with van der Waals surface area (Å²) >= 11 is 0. The Bertz CT molecular complexity index is 562. The first-order chi connectivity index (χ1) is 9.38. The van der Waals surface area contributed by atoms with Gasteiger partial charge in [-0.2, -0.15) is 0 Å². The number of halogens is 1. The first-order valence-corrected chi connectivity index (χ1v) is 6.54. The van der Waals surface area contributed by atoms with Gasteiger partial charge in [-0.05, 0) is 36.7 Å². The van der Waals surface area contributed by atoms with Crippen LogP contribution in [0.5, 0.6) is 0 Å². The molecular formula is C15H18ClN3O. The maximum atomic E-state index is 5.84. The summed E-state index contributed by atoms with van der Waals surface area (Å²) in [4.78, 5) is 8.26. The highest BCUT2D eigenvalue weighted by atomic mass is 35.5. The number of nitrogens with one attached hydrogen (secondary N) is 1. The Labute approximate surface area is 125 Å². The summed E-state index contributed by atoms with van der Waals surface area (Å²) in [7, 11) is 1.95. The third-order valence-electron chi connectivity index (χ3n) is 3.45. The fraction of sp³-hybridized carbons (Fsp3) is 0.333. The predicted octanol–water partition coefficient (Wildman–Crippen LogP) is 2.40. The average Bonchev–Trinajstić information content (AvgIpc) is 2.48. The minimum absolute atomic E-state index is 0. The number of hydrogen-bond donors (Lipinski definition) is 1. The van der Waals surface area contributed by atoms with Crippen LogP contribution in [0.4, 0.5) is 0 Å². The number of fused-ring (bicyclic) bond motifs is 1. The molecule has 20 heavy (non-hydrogen) atoms. The molecule has 1 N–H and O–H groups in total. The molecule has 0 saturated heterocycles. The highest BCUT2D eigenvalue weighted by Crippen LogP contribution is 2.30. The van der Waals surface area contributed by atoms with Crippen LogP contribution in [-0.4, -0.2) is 30.2 Å². The monoisotopic (exact) mass is 291 g/mol. The van der Waals surface area contributed by atoms with E-state index in [9.17, 15) is 0 Å². The number of benzene rings is 1. The largest absolute Gasteiger partial charge is 0.372 e. The first-order valence-electron chi connectivity index (χ1n) is 6.54. The van der Waals surface area contributed by atoms with Crippen molar-refractivity contribution in [3.8, 4) is 11.3 Å². The minimum atomic E-state index is 0. The van der Waals surface area contributed by atoms with Crippen molar-refractivity contribution in [2.75, 3.05) is 20.2 Å². The molecule has 3 rings (SSSR count). The molecule has 1 atom stereocenters. The number of aromatic nitrogens is 2. The molecule has 1 aromatic heterocycles. The van der Waals surface area contributed by atoms with Gasteiger partial charge in [-0.25, -0.2) is 9.97 Å². The normalized spacial score (nSPS) is 17.1. The number of likely N-dealkylation sites (N-methyl/N-ethyl adjacent to an activating group) is 1. The quantitative estimate of drug-likeness (QED) is 0.943. The van der Waals surface area contributed by atoms with E-state index in [1.54, 1.807) is 12.5 Å². The summed E-state index contributed by atoms with van der Waals surface area (Å²) in [5.74, 6) is 0. The van der Waals surface area contributed by atoms with Crippen molar-refractivity contribution >= 4 is 12.4 Å². The van der Waals surface area contributed by atoms with Gasteiger partial charge >= 0.3 is 0 Å². The van der Waals surface area contributed by atoms with E-state index < -0.39 is 0 Å². The predicted molar refractivity (Wildman–Crippen MR) is 81.0 cm³/mol. The summed E-state index contributed by atoms with van der Waals surface area (Å²) in [5.41, 5.74) is 4.72. The van der Waals surface area contributed by atoms with E-state index in [1.807, 2.05) is 13.1 Å². The minimum Gasteiger partial charge on any atom is -0.372 e. The van der Waals surface area contributed by atoms with Gasteiger partial charge in [-0.15, -0.1) is 12.4 Å². The van der Waals surface area contributed by atoms with Crippen LogP contribution in [0.2, 0.25) is 0 Å². The van der Waals surface area contributed by atoms with Gasteiger partial charge in [0.05, 0.1) is 18.4 Å². The molecule has 1 aromatic carbocycles. The van der Waals surface area contributed by atoms with Gasteiger partial charge in [-0.1, -0.05) is 12.1 Å². The molecule has 5 heteroatoms. The number of hydrogen-bond acceptors (Lipinski definition) is 4. The van der Waals surface area contributed by atoms with Crippen LogP contribution in [0, 0.1) is 0 Å². The van der Waals surface area contributed by atoms with Crippen molar-refractivity contribution in [1.29, 1.82) is 0 Å². The van der Waals surface area contributed by atoms with Crippen LogP contribution in [0.25, 0.3) is 11.3 Å². The topological polar surface area (TPSA) is 47.0 Å². The molecule has 0 spiro atoms. The van der Waals surface area contributed by atoms with E-state index in [0.717, 1.165) is 30.8 Å². The van der Waals surface area contributed by atoms with E-state index >= 15 is 0 Å². The molecule has 1 aliphatic heterocycles. The lowest BCUT2D eigenvalue weighted by atomic mass is 9.94. The standard InChI is InChI=1S/C15H17N3O.ClH/c1-16-9-15-13-8-12(14-4-6-17-10-18-14)3-2-11(13)5-7-19-15;/h2-4,6,8,10,15-16H,5,7,9H2,1H3;1H/t15-;/m1./s1. The summed E-state index contributed by atoms with van der Waals surface area (Å²) < 4.78 is 5.84. The zero-order chi connectivity index (χ0) is 13.1. The van der Waals surface area contributed by atoms with Crippen LogP contribution in [0.15, 0.2) is 36.8 Å². The van der Waals surface area contributed by atoms with Crippen molar-refractivity contribution in [1.82, 2.24) is 15.3 Å². The molecule has 0 bridgehead atoms. The van der Waals surface area contributed by atoms with E-state index in [2.05, 4.69) is 33.5 Å². The second kappa shape index (κ2) is 6.79. The fourth-order valence-corrected chi connectivity index (χ4v) is 2.50. The van der Waals surface area contributed by atoms with Gasteiger partial charge in [0.2, 0.25) is 0 Å². The van der Waals surface area contributed by atoms with Gasteiger partial charge < -0.3 is 10.1 Å². The first kappa shape index (κ1) is 14.9. The van der Waals surface area contributed by atoms with E-state index in [-0.39, 0.29) is 18.5 Å². The Hall–Kier alpha value is -1.49. The second-order valence-corrected chi connectivity index (χ2v) is 4.68. The molecule has 0 radical (unpaired) electrons. The molecule has 0 unspecified atom stereocenters. The van der Waals surface area contributed by atoms with Crippen molar-refractivity contribution < 1.29 is 4.74 Å². The maximum Gasteiger partial charge on any atom is 0.116 e. The fourth-order valence-electron chi connectivity index (χ4n) is 2.50. The third-order valence-corrected chi connectivity index (χ3v) is 3.45. The summed E-state index contributed by atoms with van der Waals surface area (Å²) in [6, 6.07) is 8.44. The molecule has 0 saturated carbocycles. The summed E-state index contributed by atoms with van der Waals surface area (Å²) in [5, 5.41) is 3.19. The highest BCUT2D eigenvalue weighted by Gasteiger charge is 2.20. The molecular weight excluding hydrogens is 274 g/mol. The Kier molecular flexibility index (Phi) is 5.06. The SMILES string of the molecule is CNC[C@H]1OCCc2ccc(-c3ccncn3)cc21.Cl. The van der Waals surface area contributed by atoms with Crippen molar-refractivity contribution in [3.63, 3.8) is 0 Å². The zero-order valence-corrected chi connectivity index (χ0v) is 12.2. The van der Waals surface area contributed by atoms with E-state index in [4.69, 9.17) is 4.74 Å². The lowest BCUT2D eigenvalue weighted by Gasteiger charge is -2.26. The van der Waals surface area contributed by atoms with Crippen LogP contribution in [0.1, 0.15) is 17.2 Å². The van der Waals surface area contributed by atoms with Crippen molar-refractivity contribution in [2.45, 2.75) is 12.5 Å². The van der Waals surface area contributed by atoms with Crippen LogP contribution in [-0.2, 0) is 11.2 Å². The van der Waals surface area contributed by atoms with Gasteiger partial charge in [0.15, 0.2) is 0 Å². The van der Waals surface area contributed by atoms with Gasteiger partial charge in [0.1, 0.15) is 6.33 Å². The Balaban J connectivity index is 0.00000147. The Morgan fingerprint density at radius 1 is 1.35 bits per heavy atom. The zero-order valence-electron chi connectivity index (χ0n) is 11.4. The smallest absolute Gasteiger partial charge is 0.116 e. The van der Waals surface area contributed by atoms with Crippen LogP contribution >= 0.6 is 12.4 Å². The molecule has 2 heterocycles. The number of nitrogens with zero attached hydrogens (tertiary/aromatic N) is 2. The summed E-state index contributed by atoms with van der Waals surface area (Å²) in [6.45, 7) is 1.63. The number of ether oxygens (including phenoxy) is 1. The molecule has 0 aliphatic carbocycles. The Morgan fingerprint density at radius 3 is 3.00 bits per heavy atom. The van der Waals surface area contributed by atoms with Crippen LogP contribution in [0.3, 0.4) is 0 Å². The molecule has 2 aromatic rings. The van der Waals surface area contributed by atoms with Gasteiger partial charge in [0.25, 0.3) is 0 Å². The van der Waals surface area contributed by atoms with Gasteiger partial charge in [-0.3, -0.25) is 0 Å². The molecule has 4 nitrogen and oxygen atoms in total. The average molecular weight is 292 g/mol. The molecule has 106 valence electrons. The lowest BCUT2D eigenvalue weighted by molar-refractivity contribution is 0.0439. The van der Waals surface area contributed by atoms with Crippen molar-refractivity contribution in [2.24, 2.45) is 0 Å². The van der Waals surface area contributed by atoms with Crippen molar-refractivity contribution in [3.05, 3.63) is 47.9 Å². The maximum absolute atomic E-state index is 5.84. The lowest BCUT2D eigenvalue weighted by Crippen LogP contribution is -2.25.